The predicted octanol–water partition coefficient (Wildman–Crippen LogP) is 3.39. The summed E-state index contributed by atoms with van der Waals surface area (Å²) in [4.78, 5) is 34.1. The van der Waals surface area contributed by atoms with Crippen LogP contribution in [0.25, 0.3) is 0 Å². The maximum atomic E-state index is 11.9. The zero-order chi connectivity index (χ0) is 19.8. The van der Waals surface area contributed by atoms with E-state index in [1.165, 1.54) is 6.07 Å². The van der Waals surface area contributed by atoms with Crippen molar-refractivity contribution >= 4 is 45.1 Å². The monoisotopic (exact) mass is 435 g/mol. The standard InChI is InChI=1S/C18H18BrN3O5/c1-11(21-22-18(26)14-9-10-15(19)27-14)12-5-7-13(8-6-12)20-16(23)3-2-4-17(24)25/h5-10H,2-4H2,1H3,(H,20,23)(H,22,26)(H,24,25)/b21-11-. The van der Waals surface area contributed by atoms with Gasteiger partial charge in [0.25, 0.3) is 0 Å². The van der Waals surface area contributed by atoms with E-state index >= 15 is 0 Å². The lowest BCUT2D eigenvalue weighted by molar-refractivity contribution is -0.137. The maximum absolute atomic E-state index is 11.9. The van der Waals surface area contributed by atoms with E-state index in [9.17, 15) is 14.4 Å². The summed E-state index contributed by atoms with van der Waals surface area (Å²) >= 11 is 3.12. The summed E-state index contributed by atoms with van der Waals surface area (Å²) in [6.45, 7) is 1.73. The maximum Gasteiger partial charge on any atom is 0.307 e. The minimum atomic E-state index is -0.923. The van der Waals surface area contributed by atoms with Crippen molar-refractivity contribution in [2.45, 2.75) is 26.2 Å². The highest BCUT2D eigenvalue weighted by Crippen LogP contribution is 2.14. The molecule has 0 bridgehead atoms. The number of aliphatic carboxylic acids is 1. The first kappa shape index (κ1) is 20.4. The number of benzene rings is 1. The Balaban J connectivity index is 1.88. The number of hydrogen-bond acceptors (Lipinski definition) is 5. The first-order valence-corrected chi connectivity index (χ1v) is 8.86. The fourth-order valence-electron chi connectivity index (χ4n) is 2.11. The van der Waals surface area contributed by atoms with Crippen LogP contribution in [-0.2, 0) is 9.59 Å². The highest BCUT2D eigenvalue weighted by atomic mass is 79.9. The van der Waals surface area contributed by atoms with Crippen molar-refractivity contribution in [3.63, 3.8) is 0 Å². The molecule has 0 aliphatic rings. The van der Waals surface area contributed by atoms with E-state index in [-0.39, 0.29) is 30.9 Å². The van der Waals surface area contributed by atoms with Crippen molar-refractivity contribution in [3.8, 4) is 0 Å². The molecule has 9 heteroatoms. The van der Waals surface area contributed by atoms with Crippen LogP contribution in [0.5, 0.6) is 0 Å². The van der Waals surface area contributed by atoms with Gasteiger partial charge in [-0.25, -0.2) is 5.43 Å². The van der Waals surface area contributed by atoms with Crippen LogP contribution < -0.4 is 10.7 Å². The number of carboxylic acids is 1. The number of hydrazone groups is 1. The van der Waals surface area contributed by atoms with Crippen LogP contribution in [0, 0.1) is 0 Å². The number of amides is 2. The number of carboxylic acid groups (broad SMARTS) is 1. The number of anilines is 1. The molecule has 27 heavy (non-hydrogen) atoms. The summed E-state index contributed by atoms with van der Waals surface area (Å²) in [6, 6.07) is 10.0. The van der Waals surface area contributed by atoms with Gasteiger partial charge in [0.2, 0.25) is 5.91 Å². The van der Waals surface area contributed by atoms with Crippen LogP contribution in [0.1, 0.15) is 42.3 Å². The van der Waals surface area contributed by atoms with Crippen molar-refractivity contribution in [2.75, 3.05) is 5.32 Å². The lowest BCUT2D eigenvalue weighted by Crippen LogP contribution is -2.18. The van der Waals surface area contributed by atoms with E-state index in [0.717, 1.165) is 5.56 Å². The van der Waals surface area contributed by atoms with Gasteiger partial charge in [-0.2, -0.15) is 5.10 Å². The van der Waals surface area contributed by atoms with Gasteiger partial charge in [-0.15, -0.1) is 0 Å². The molecule has 0 unspecified atom stereocenters. The molecule has 0 spiro atoms. The third kappa shape index (κ3) is 6.70. The van der Waals surface area contributed by atoms with Gasteiger partial charge in [0, 0.05) is 18.5 Å². The van der Waals surface area contributed by atoms with E-state index in [4.69, 9.17) is 9.52 Å². The Morgan fingerprint density at radius 1 is 1.11 bits per heavy atom. The summed E-state index contributed by atoms with van der Waals surface area (Å²) in [5.41, 5.74) is 4.34. The molecule has 0 atom stereocenters. The Kier molecular flexibility index (Phi) is 7.30. The summed E-state index contributed by atoms with van der Waals surface area (Å²) in [7, 11) is 0. The van der Waals surface area contributed by atoms with Gasteiger partial charge in [0.05, 0.1) is 5.71 Å². The average Bonchev–Trinajstić information content (AvgIpc) is 3.06. The van der Waals surface area contributed by atoms with Gasteiger partial charge in [-0.05, 0) is 59.1 Å². The van der Waals surface area contributed by atoms with Crippen LogP contribution in [-0.4, -0.2) is 28.6 Å². The minimum absolute atomic E-state index is 0.0390. The molecule has 1 aromatic heterocycles. The summed E-state index contributed by atoms with van der Waals surface area (Å²) in [5, 5.41) is 15.3. The quantitative estimate of drug-likeness (QED) is 0.433. The lowest BCUT2D eigenvalue weighted by Gasteiger charge is -2.06. The van der Waals surface area contributed by atoms with Crippen molar-refractivity contribution in [1.82, 2.24) is 5.43 Å². The molecule has 2 amide bonds. The molecule has 2 aromatic rings. The molecule has 0 fully saturated rings. The Morgan fingerprint density at radius 3 is 2.41 bits per heavy atom. The molecule has 0 saturated heterocycles. The van der Waals surface area contributed by atoms with E-state index in [1.807, 2.05) is 0 Å². The number of hydrogen-bond donors (Lipinski definition) is 3. The Labute approximate surface area is 163 Å². The highest BCUT2D eigenvalue weighted by Gasteiger charge is 2.10. The largest absolute Gasteiger partial charge is 0.481 e. The van der Waals surface area contributed by atoms with Crippen molar-refractivity contribution in [1.29, 1.82) is 0 Å². The van der Waals surface area contributed by atoms with Gasteiger partial charge >= 0.3 is 11.9 Å². The van der Waals surface area contributed by atoms with Crippen LogP contribution in [0.2, 0.25) is 0 Å². The average molecular weight is 436 g/mol. The second kappa shape index (κ2) is 9.67. The summed E-state index contributed by atoms with van der Waals surface area (Å²) in [6.07, 6.45) is 0.392. The molecule has 0 aliphatic carbocycles. The fraction of sp³-hybridized carbons (Fsp3) is 0.222. The Morgan fingerprint density at radius 2 is 1.81 bits per heavy atom. The highest BCUT2D eigenvalue weighted by molar-refractivity contribution is 9.10. The Bertz CT molecular complexity index is 858. The van der Waals surface area contributed by atoms with Crippen molar-refractivity contribution < 1.29 is 23.9 Å². The first-order valence-electron chi connectivity index (χ1n) is 8.07. The van der Waals surface area contributed by atoms with E-state index < -0.39 is 11.9 Å². The smallest absolute Gasteiger partial charge is 0.307 e. The fourth-order valence-corrected chi connectivity index (χ4v) is 2.42. The number of nitrogens with zero attached hydrogens (tertiary/aromatic N) is 1. The van der Waals surface area contributed by atoms with E-state index in [2.05, 4.69) is 31.8 Å². The van der Waals surface area contributed by atoms with Gasteiger partial charge in [0.1, 0.15) is 0 Å². The summed E-state index contributed by atoms with van der Waals surface area (Å²) in [5.74, 6) is -1.50. The molecular weight excluding hydrogens is 418 g/mol. The first-order chi connectivity index (χ1) is 12.8. The van der Waals surface area contributed by atoms with Gasteiger partial charge in [-0.1, -0.05) is 12.1 Å². The zero-order valence-electron chi connectivity index (χ0n) is 14.5. The number of nitrogens with one attached hydrogen (secondary N) is 2. The number of furan rings is 1. The van der Waals surface area contributed by atoms with Crippen molar-refractivity contribution in [2.24, 2.45) is 5.10 Å². The zero-order valence-corrected chi connectivity index (χ0v) is 16.1. The van der Waals surface area contributed by atoms with Crippen LogP contribution in [0.4, 0.5) is 5.69 Å². The number of carbonyl (C=O) groups is 3. The van der Waals surface area contributed by atoms with Crippen LogP contribution >= 0.6 is 15.9 Å². The van der Waals surface area contributed by atoms with Gasteiger partial charge in [0.15, 0.2) is 10.4 Å². The third-order valence-electron chi connectivity index (χ3n) is 3.50. The second-order valence-corrected chi connectivity index (χ2v) is 6.40. The normalized spacial score (nSPS) is 11.1. The molecule has 142 valence electrons. The molecule has 0 saturated carbocycles. The molecule has 0 aliphatic heterocycles. The molecular formula is C18H18BrN3O5. The molecule has 2 rings (SSSR count). The van der Waals surface area contributed by atoms with Crippen molar-refractivity contribution in [3.05, 3.63) is 52.4 Å². The SMILES string of the molecule is C/C(=N/NC(=O)c1ccc(Br)o1)c1ccc(NC(=O)CCCC(=O)O)cc1. The number of carbonyl (C=O) groups excluding carboxylic acids is 2. The Hall–Kier alpha value is -2.94. The second-order valence-electron chi connectivity index (χ2n) is 5.61. The summed E-state index contributed by atoms with van der Waals surface area (Å²) < 4.78 is 5.59. The topological polar surface area (TPSA) is 121 Å². The van der Waals surface area contributed by atoms with Gasteiger partial charge in [-0.3, -0.25) is 14.4 Å². The lowest BCUT2D eigenvalue weighted by atomic mass is 10.1. The minimum Gasteiger partial charge on any atom is -0.481 e. The van der Waals surface area contributed by atoms with Crippen LogP contribution in [0.15, 0.2) is 50.6 Å². The third-order valence-corrected chi connectivity index (χ3v) is 3.93. The molecule has 1 heterocycles. The molecule has 0 radical (unpaired) electrons. The van der Waals surface area contributed by atoms with Gasteiger partial charge < -0.3 is 14.8 Å². The van der Waals surface area contributed by atoms with E-state index in [0.29, 0.717) is 16.1 Å². The molecule has 8 nitrogen and oxygen atoms in total. The molecule has 3 N–H and O–H groups in total. The molecule has 1 aromatic carbocycles. The number of rotatable bonds is 8. The van der Waals surface area contributed by atoms with Crippen LogP contribution in [0.3, 0.4) is 0 Å². The number of halogens is 1. The van der Waals surface area contributed by atoms with E-state index in [1.54, 1.807) is 37.3 Å². The predicted molar refractivity (Wildman–Crippen MR) is 103 cm³/mol.